The number of anilines is 1. The molecule has 0 radical (unpaired) electrons. The first-order valence-corrected chi connectivity index (χ1v) is 5.92. The second-order valence-electron chi connectivity index (χ2n) is 4.17. The van der Waals surface area contributed by atoms with Crippen molar-refractivity contribution in [1.82, 2.24) is 0 Å². The molecule has 0 unspecified atom stereocenters. The molecule has 0 aromatic heterocycles. The number of hydrogen-bond acceptors (Lipinski definition) is 4. The van der Waals surface area contributed by atoms with Gasteiger partial charge in [-0.2, -0.15) is 5.10 Å². The van der Waals surface area contributed by atoms with Crippen LogP contribution in [-0.2, 0) is 0 Å². The molecule has 0 aliphatic carbocycles. The quantitative estimate of drug-likeness (QED) is 0.652. The topological polar surface area (TPSA) is 53.8 Å². The highest BCUT2D eigenvalue weighted by molar-refractivity contribution is 5.81. The van der Waals surface area contributed by atoms with Crippen molar-refractivity contribution in [3.8, 4) is 11.5 Å². The lowest BCUT2D eigenvalue weighted by molar-refractivity contribution is 0.373. The van der Waals surface area contributed by atoms with Crippen LogP contribution in [0.2, 0.25) is 0 Å². The highest BCUT2D eigenvalue weighted by Gasteiger charge is 2.00. The van der Waals surface area contributed by atoms with Gasteiger partial charge in [0.2, 0.25) is 0 Å². The van der Waals surface area contributed by atoms with Gasteiger partial charge in [0, 0.05) is 0 Å². The van der Waals surface area contributed by atoms with Crippen LogP contribution in [0.4, 0.5) is 5.69 Å². The molecule has 0 aliphatic heterocycles. The smallest absolute Gasteiger partial charge is 0.160 e. The molecule has 0 atom stereocenters. The van der Waals surface area contributed by atoms with Crippen LogP contribution in [-0.4, -0.2) is 18.4 Å². The van der Waals surface area contributed by atoms with Gasteiger partial charge in [-0.1, -0.05) is 17.7 Å². The fraction of sp³-hybridized carbons (Fsp3) is 0.133. The Balaban J connectivity index is 2.02. The fourth-order valence-corrected chi connectivity index (χ4v) is 1.60. The lowest BCUT2D eigenvalue weighted by Gasteiger charge is -2.03. The predicted octanol–water partition coefficient (Wildman–Crippen LogP) is 3.16. The Hall–Kier alpha value is -2.49. The number of methoxy groups -OCH3 is 1. The molecule has 0 bridgehead atoms. The Kier molecular flexibility index (Phi) is 4.03. The number of phenols is 1. The van der Waals surface area contributed by atoms with Crippen molar-refractivity contribution < 1.29 is 9.84 Å². The molecule has 2 aromatic carbocycles. The Bertz CT molecular complexity index is 577. The maximum absolute atomic E-state index is 9.63. The maximum Gasteiger partial charge on any atom is 0.160 e. The van der Waals surface area contributed by atoms with Gasteiger partial charge in [-0.15, -0.1) is 0 Å². The normalized spacial score (nSPS) is 10.6. The number of hydrazone groups is 1. The third-order valence-electron chi connectivity index (χ3n) is 2.66. The predicted molar refractivity (Wildman–Crippen MR) is 77.1 cm³/mol. The van der Waals surface area contributed by atoms with Gasteiger partial charge in [-0.25, -0.2) is 0 Å². The molecule has 0 amide bonds. The van der Waals surface area contributed by atoms with Gasteiger partial charge in [-0.3, -0.25) is 5.43 Å². The summed E-state index contributed by atoms with van der Waals surface area (Å²) >= 11 is 0. The summed E-state index contributed by atoms with van der Waals surface area (Å²) in [5.74, 6) is 0.547. The molecule has 0 saturated heterocycles. The first-order valence-electron chi connectivity index (χ1n) is 5.92. The summed E-state index contributed by atoms with van der Waals surface area (Å²) < 4.78 is 4.97. The standard InChI is InChI=1S/C15H16N2O2/c1-11-3-6-13(7-4-11)17-16-10-12-5-8-15(19-2)14(18)9-12/h3-10,17-18H,1-2H3/b16-10+. The van der Waals surface area contributed by atoms with Crippen molar-refractivity contribution in [2.24, 2.45) is 5.10 Å². The van der Waals surface area contributed by atoms with Gasteiger partial charge < -0.3 is 9.84 Å². The van der Waals surface area contributed by atoms with Crippen molar-refractivity contribution in [2.75, 3.05) is 12.5 Å². The van der Waals surface area contributed by atoms with E-state index in [1.807, 2.05) is 37.3 Å². The first-order chi connectivity index (χ1) is 9.19. The number of hydrogen-bond donors (Lipinski definition) is 2. The van der Waals surface area contributed by atoms with Crippen molar-refractivity contribution in [3.05, 3.63) is 53.6 Å². The van der Waals surface area contributed by atoms with Gasteiger partial charge in [0.05, 0.1) is 19.0 Å². The highest BCUT2D eigenvalue weighted by atomic mass is 16.5. The molecule has 2 rings (SSSR count). The maximum atomic E-state index is 9.63. The van der Waals surface area contributed by atoms with Crippen molar-refractivity contribution in [3.63, 3.8) is 0 Å². The van der Waals surface area contributed by atoms with Gasteiger partial charge >= 0.3 is 0 Å². The van der Waals surface area contributed by atoms with E-state index in [0.717, 1.165) is 11.3 Å². The lowest BCUT2D eigenvalue weighted by Crippen LogP contribution is -1.91. The van der Waals surface area contributed by atoms with E-state index in [-0.39, 0.29) is 5.75 Å². The average molecular weight is 256 g/mol. The molecule has 2 aromatic rings. The number of benzene rings is 2. The van der Waals surface area contributed by atoms with Crippen LogP contribution in [0.25, 0.3) is 0 Å². The zero-order valence-corrected chi connectivity index (χ0v) is 10.9. The molecule has 4 heteroatoms. The van der Waals surface area contributed by atoms with Crippen LogP contribution in [0.3, 0.4) is 0 Å². The highest BCUT2D eigenvalue weighted by Crippen LogP contribution is 2.25. The molecular formula is C15H16N2O2. The van der Waals surface area contributed by atoms with E-state index in [2.05, 4.69) is 10.5 Å². The van der Waals surface area contributed by atoms with E-state index < -0.39 is 0 Å². The van der Waals surface area contributed by atoms with Crippen LogP contribution < -0.4 is 10.2 Å². The molecule has 0 aliphatic rings. The fourth-order valence-electron chi connectivity index (χ4n) is 1.60. The minimum atomic E-state index is 0.0989. The number of rotatable bonds is 4. The summed E-state index contributed by atoms with van der Waals surface area (Å²) in [5, 5.41) is 13.7. The van der Waals surface area contributed by atoms with Gasteiger partial charge in [-0.05, 0) is 42.8 Å². The van der Waals surface area contributed by atoms with E-state index in [1.54, 1.807) is 18.3 Å². The van der Waals surface area contributed by atoms with Crippen LogP contribution >= 0.6 is 0 Å². The molecular weight excluding hydrogens is 240 g/mol. The van der Waals surface area contributed by atoms with E-state index in [0.29, 0.717) is 5.75 Å². The number of aryl methyl sites for hydroxylation is 1. The van der Waals surface area contributed by atoms with E-state index >= 15 is 0 Å². The molecule has 0 saturated carbocycles. The van der Waals surface area contributed by atoms with Crippen LogP contribution in [0.5, 0.6) is 11.5 Å². The molecule has 98 valence electrons. The Labute approximate surface area is 112 Å². The second-order valence-corrected chi connectivity index (χ2v) is 4.17. The van der Waals surface area contributed by atoms with Crippen LogP contribution in [0.1, 0.15) is 11.1 Å². The summed E-state index contributed by atoms with van der Waals surface area (Å²) in [6, 6.07) is 13.0. The zero-order chi connectivity index (χ0) is 13.7. The number of nitrogens with zero attached hydrogens (tertiary/aromatic N) is 1. The summed E-state index contributed by atoms with van der Waals surface area (Å²) in [7, 11) is 1.52. The molecule has 4 nitrogen and oxygen atoms in total. The van der Waals surface area contributed by atoms with E-state index in [1.165, 1.54) is 12.7 Å². The second kappa shape index (κ2) is 5.91. The van der Waals surface area contributed by atoms with Gasteiger partial charge in [0.1, 0.15) is 0 Å². The van der Waals surface area contributed by atoms with Crippen LogP contribution in [0.15, 0.2) is 47.6 Å². The Morgan fingerprint density at radius 2 is 1.89 bits per heavy atom. The third kappa shape index (κ3) is 3.48. The summed E-state index contributed by atoms with van der Waals surface area (Å²) in [4.78, 5) is 0. The SMILES string of the molecule is COc1ccc(/C=N/Nc2ccc(C)cc2)cc1O. The summed E-state index contributed by atoms with van der Waals surface area (Å²) in [6.07, 6.45) is 1.64. The first kappa shape index (κ1) is 13.0. The number of aromatic hydroxyl groups is 1. The molecule has 2 N–H and O–H groups in total. The van der Waals surface area contributed by atoms with Gasteiger partial charge in [0.25, 0.3) is 0 Å². The van der Waals surface area contributed by atoms with E-state index in [9.17, 15) is 5.11 Å². The third-order valence-corrected chi connectivity index (χ3v) is 2.66. The lowest BCUT2D eigenvalue weighted by atomic mass is 10.2. The summed E-state index contributed by atoms with van der Waals surface area (Å²) in [5.41, 5.74) is 5.83. The van der Waals surface area contributed by atoms with E-state index in [4.69, 9.17) is 4.74 Å². The van der Waals surface area contributed by atoms with Crippen LogP contribution in [0, 0.1) is 6.92 Å². The Morgan fingerprint density at radius 3 is 2.53 bits per heavy atom. The van der Waals surface area contributed by atoms with Crippen molar-refractivity contribution in [2.45, 2.75) is 6.92 Å². The molecule has 19 heavy (non-hydrogen) atoms. The molecule has 0 spiro atoms. The average Bonchev–Trinajstić information content (AvgIpc) is 2.41. The molecule has 0 heterocycles. The minimum Gasteiger partial charge on any atom is -0.504 e. The number of nitrogens with one attached hydrogen (secondary N) is 1. The summed E-state index contributed by atoms with van der Waals surface area (Å²) in [6.45, 7) is 2.03. The number of ether oxygens (including phenoxy) is 1. The largest absolute Gasteiger partial charge is 0.504 e. The Morgan fingerprint density at radius 1 is 1.16 bits per heavy atom. The minimum absolute atomic E-state index is 0.0989. The van der Waals surface area contributed by atoms with Crippen molar-refractivity contribution in [1.29, 1.82) is 0 Å². The monoisotopic (exact) mass is 256 g/mol. The zero-order valence-electron chi connectivity index (χ0n) is 10.9. The van der Waals surface area contributed by atoms with Crippen molar-refractivity contribution >= 4 is 11.9 Å². The van der Waals surface area contributed by atoms with Gasteiger partial charge in [0.15, 0.2) is 11.5 Å². The number of phenolic OH excluding ortho intramolecular Hbond substituents is 1. The molecule has 0 fully saturated rings.